The maximum Gasteiger partial charge on any atom is 0.224 e. The van der Waals surface area contributed by atoms with Crippen LogP contribution in [0.3, 0.4) is 0 Å². The molecule has 1 amide bonds. The van der Waals surface area contributed by atoms with Crippen LogP contribution in [-0.2, 0) is 14.6 Å². The van der Waals surface area contributed by atoms with E-state index in [0.29, 0.717) is 13.0 Å². The van der Waals surface area contributed by atoms with Gasteiger partial charge in [-0.15, -0.1) is 0 Å². The van der Waals surface area contributed by atoms with Crippen LogP contribution < -0.4 is 11.1 Å². The van der Waals surface area contributed by atoms with Gasteiger partial charge in [0.2, 0.25) is 5.91 Å². The fraction of sp³-hybridized carbons (Fsp3) is 0.909. The van der Waals surface area contributed by atoms with E-state index >= 15 is 0 Å². The summed E-state index contributed by atoms with van der Waals surface area (Å²) in [5.41, 5.74) is 5.68. The second-order valence-corrected chi connectivity index (χ2v) is 7.12. The summed E-state index contributed by atoms with van der Waals surface area (Å²) in [7, 11) is -3.00. The standard InChI is InChI=1S/C11H22N2O3S/c1-3-11(12,4-2)8-13-10(14)9-5-6-17(15,16)7-9/h9H,3-8,12H2,1-2H3,(H,13,14). The van der Waals surface area contributed by atoms with Crippen LogP contribution in [-0.4, -0.2) is 37.9 Å². The molecule has 0 aliphatic carbocycles. The average molecular weight is 262 g/mol. The first-order valence-electron chi connectivity index (χ1n) is 6.09. The molecule has 3 N–H and O–H groups in total. The molecule has 0 spiro atoms. The second kappa shape index (κ2) is 5.35. The Balaban J connectivity index is 2.46. The molecule has 5 nitrogen and oxygen atoms in total. The quantitative estimate of drug-likeness (QED) is 0.733. The van der Waals surface area contributed by atoms with Crippen LogP contribution in [0.1, 0.15) is 33.1 Å². The van der Waals surface area contributed by atoms with Crippen LogP contribution in [0, 0.1) is 5.92 Å². The smallest absolute Gasteiger partial charge is 0.224 e. The Bertz CT molecular complexity index is 374. The average Bonchev–Trinajstić information content (AvgIpc) is 2.66. The van der Waals surface area contributed by atoms with E-state index < -0.39 is 15.8 Å². The highest BCUT2D eigenvalue weighted by molar-refractivity contribution is 7.91. The van der Waals surface area contributed by atoms with Crippen molar-refractivity contribution in [3.63, 3.8) is 0 Å². The van der Waals surface area contributed by atoms with Gasteiger partial charge in [-0.25, -0.2) is 8.42 Å². The van der Waals surface area contributed by atoms with Crippen molar-refractivity contribution in [1.82, 2.24) is 5.32 Å². The molecule has 1 unspecified atom stereocenters. The molecule has 0 aromatic heterocycles. The molecule has 6 heteroatoms. The number of hydrogen-bond acceptors (Lipinski definition) is 4. The molecule has 1 saturated heterocycles. The zero-order valence-electron chi connectivity index (χ0n) is 10.5. The van der Waals surface area contributed by atoms with E-state index in [-0.39, 0.29) is 23.0 Å². The lowest BCUT2D eigenvalue weighted by Crippen LogP contribution is -2.50. The molecule has 17 heavy (non-hydrogen) atoms. The molecule has 0 radical (unpaired) electrons. The minimum absolute atomic E-state index is 0.0192. The summed E-state index contributed by atoms with van der Waals surface area (Å²) in [5.74, 6) is -0.463. The number of nitrogens with two attached hydrogens (primary N) is 1. The fourth-order valence-electron chi connectivity index (χ4n) is 1.91. The van der Waals surface area contributed by atoms with Crippen LogP contribution in [0.25, 0.3) is 0 Å². The molecule has 100 valence electrons. The van der Waals surface area contributed by atoms with Gasteiger partial charge in [0.1, 0.15) is 0 Å². The summed E-state index contributed by atoms with van der Waals surface area (Å²) in [6, 6.07) is 0. The second-order valence-electron chi connectivity index (χ2n) is 4.89. The van der Waals surface area contributed by atoms with Crippen molar-refractivity contribution in [1.29, 1.82) is 0 Å². The van der Waals surface area contributed by atoms with E-state index in [9.17, 15) is 13.2 Å². The number of carbonyl (C=O) groups is 1. The third kappa shape index (κ3) is 3.96. The van der Waals surface area contributed by atoms with Crippen molar-refractivity contribution in [3.05, 3.63) is 0 Å². The summed E-state index contributed by atoms with van der Waals surface area (Å²) < 4.78 is 22.5. The number of rotatable bonds is 5. The molecular weight excluding hydrogens is 240 g/mol. The van der Waals surface area contributed by atoms with E-state index in [0.717, 1.165) is 12.8 Å². The van der Waals surface area contributed by atoms with E-state index in [4.69, 9.17) is 5.73 Å². The third-order valence-electron chi connectivity index (χ3n) is 3.63. The lowest BCUT2D eigenvalue weighted by Gasteiger charge is -2.27. The molecular formula is C11H22N2O3S. The van der Waals surface area contributed by atoms with Gasteiger partial charge >= 0.3 is 0 Å². The van der Waals surface area contributed by atoms with Crippen LogP contribution >= 0.6 is 0 Å². The SMILES string of the molecule is CCC(N)(CC)CNC(=O)C1CCS(=O)(=O)C1. The van der Waals surface area contributed by atoms with E-state index in [1.165, 1.54) is 0 Å². The first kappa shape index (κ1) is 14.4. The Morgan fingerprint density at radius 1 is 1.41 bits per heavy atom. The monoisotopic (exact) mass is 262 g/mol. The van der Waals surface area contributed by atoms with Crippen LogP contribution in [0.5, 0.6) is 0 Å². The van der Waals surface area contributed by atoms with Gasteiger partial charge in [0, 0.05) is 12.1 Å². The molecule has 0 saturated carbocycles. The molecule has 1 rings (SSSR count). The van der Waals surface area contributed by atoms with Gasteiger partial charge in [-0.05, 0) is 19.3 Å². The highest BCUT2D eigenvalue weighted by Crippen LogP contribution is 2.18. The summed E-state index contributed by atoms with van der Waals surface area (Å²) in [6.07, 6.45) is 2.00. The van der Waals surface area contributed by atoms with Crippen LogP contribution in [0.15, 0.2) is 0 Å². The number of hydrogen-bond donors (Lipinski definition) is 2. The van der Waals surface area contributed by atoms with E-state index in [1.807, 2.05) is 13.8 Å². The van der Waals surface area contributed by atoms with Crippen molar-refractivity contribution in [3.8, 4) is 0 Å². The topological polar surface area (TPSA) is 89.3 Å². The minimum atomic E-state index is -3.00. The molecule has 1 fully saturated rings. The number of amides is 1. The van der Waals surface area contributed by atoms with Gasteiger partial charge in [0.25, 0.3) is 0 Å². The number of sulfone groups is 1. The summed E-state index contributed by atoms with van der Waals surface area (Å²) in [5, 5.41) is 2.78. The predicted octanol–water partition coefficient (Wildman–Crippen LogP) is 0.0548. The lowest BCUT2D eigenvalue weighted by molar-refractivity contribution is -0.124. The molecule has 0 bridgehead atoms. The van der Waals surface area contributed by atoms with Crippen LogP contribution in [0.2, 0.25) is 0 Å². The Hall–Kier alpha value is -0.620. The van der Waals surface area contributed by atoms with Crippen LogP contribution in [0.4, 0.5) is 0 Å². The third-order valence-corrected chi connectivity index (χ3v) is 5.39. The fourth-order valence-corrected chi connectivity index (χ4v) is 3.65. The Kier molecular flexibility index (Phi) is 4.55. The van der Waals surface area contributed by atoms with Crippen molar-refractivity contribution >= 4 is 15.7 Å². The van der Waals surface area contributed by atoms with Gasteiger partial charge in [-0.2, -0.15) is 0 Å². The van der Waals surface area contributed by atoms with Gasteiger partial charge in [-0.3, -0.25) is 4.79 Å². The highest BCUT2D eigenvalue weighted by Gasteiger charge is 2.33. The molecule has 1 aliphatic heterocycles. The van der Waals surface area contributed by atoms with E-state index in [1.54, 1.807) is 0 Å². The minimum Gasteiger partial charge on any atom is -0.354 e. The first-order valence-corrected chi connectivity index (χ1v) is 7.91. The van der Waals surface area contributed by atoms with Crippen molar-refractivity contribution in [2.45, 2.75) is 38.6 Å². The first-order chi connectivity index (χ1) is 7.82. The predicted molar refractivity (Wildman–Crippen MR) is 67.3 cm³/mol. The van der Waals surface area contributed by atoms with Crippen molar-refractivity contribution in [2.24, 2.45) is 11.7 Å². The highest BCUT2D eigenvalue weighted by atomic mass is 32.2. The van der Waals surface area contributed by atoms with E-state index in [2.05, 4.69) is 5.32 Å². The van der Waals surface area contributed by atoms with Crippen molar-refractivity contribution < 1.29 is 13.2 Å². The molecule has 0 aromatic rings. The van der Waals surface area contributed by atoms with Gasteiger partial charge < -0.3 is 11.1 Å². The van der Waals surface area contributed by atoms with Gasteiger partial charge in [0.15, 0.2) is 9.84 Å². The Labute approximate surface area is 103 Å². The van der Waals surface area contributed by atoms with Gasteiger partial charge in [-0.1, -0.05) is 13.8 Å². The maximum atomic E-state index is 11.8. The molecule has 1 aliphatic rings. The summed E-state index contributed by atoms with van der Waals surface area (Å²) >= 11 is 0. The lowest BCUT2D eigenvalue weighted by atomic mass is 9.94. The molecule has 1 atom stereocenters. The molecule has 0 aromatic carbocycles. The Morgan fingerprint density at radius 2 is 2.00 bits per heavy atom. The maximum absolute atomic E-state index is 11.8. The zero-order valence-corrected chi connectivity index (χ0v) is 11.3. The zero-order chi connectivity index (χ0) is 13.1. The Morgan fingerprint density at radius 3 is 2.41 bits per heavy atom. The number of nitrogens with one attached hydrogen (secondary N) is 1. The summed E-state index contributed by atoms with van der Waals surface area (Å²) in [6.45, 7) is 4.38. The largest absolute Gasteiger partial charge is 0.354 e. The molecule has 1 heterocycles. The number of carbonyl (C=O) groups excluding carboxylic acids is 1. The van der Waals surface area contributed by atoms with Crippen molar-refractivity contribution in [2.75, 3.05) is 18.1 Å². The van der Waals surface area contributed by atoms with Gasteiger partial charge in [0.05, 0.1) is 17.4 Å². The summed E-state index contributed by atoms with van der Waals surface area (Å²) in [4.78, 5) is 11.8. The normalized spacial score (nSPS) is 23.6.